The molecule has 1 N–H and O–H groups in total. The zero-order valence-corrected chi connectivity index (χ0v) is 23.2. The first kappa shape index (κ1) is 27.7. The Labute approximate surface area is 235 Å². The van der Waals surface area contributed by atoms with Gasteiger partial charge in [0.05, 0.1) is 21.3 Å². The normalized spacial score (nSPS) is 14.8. The number of nitro benzene ring substituents is 1. The molecule has 0 atom stereocenters. The lowest BCUT2D eigenvalue weighted by atomic mass is 10.1. The van der Waals surface area contributed by atoms with Gasteiger partial charge < -0.3 is 8.92 Å². The number of nitro groups is 1. The number of rotatable bonds is 7. The molecule has 1 aliphatic heterocycles. The monoisotopic (exact) mass is 663 g/mol. The van der Waals surface area contributed by atoms with Crippen molar-refractivity contribution in [1.82, 2.24) is 5.32 Å². The van der Waals surface area contributed by atoms with Crippen molar-refractivity contribution in [2.45, 2.75) is 11.8 Å². The number of barbiturate groups is 1. The van der Waals surface area contributed by atoms with Crippen LogP contribution in [0.15, 0.2) is 71.1 Å². The maximum atomic E-state index is 13.1. The first-order chi connectivity index (χ1) is 18.4. The summed E-state index contributed by atoms with van der Waals surface area (Å²) in [5, 5.41) is 13.0. The molecule has 1 saturated heterocycles. The molecule has 0 radical (unpaired) electrons. The third kappa shape index (κ3) is 5.75. The first-order valence-electron chi connectivity index (χ1n) is 11.0. The molecule has 4 rings (SSSR count). The number of hydrogen-bond donors (Lipinski definition) is 1. The lowest BCUT2D eigenvalue weighted by Crippen LogP contribution is -2.54. The van der Waals surface area contributed by atoms with E-state index in [1.54, 1.807) is 12.1 Å². The van der Waals surface area contributed by atoms with Crippen molar-refractivity contribution in [3.05, 3.63) is 91.0 Å². The summed E-state index contributed by atoms with van der Waals surface area (Å²) in [7, 11) is -2.91. The maximum absolute atomic E-state index is 13.1. The molecule has 200 valence electrons. The first-order valence-corrected chi connectivity index (χ1v) is 13.4. The number of hydrogen-bond acceptors (Lipinski definition) is 9. The Bertz CT molecular complexity index is 1650. The molecule has 39 heavy (non-hydrogen) atoms. The molecule has 3 aromatic rings. The topological polar surface area (TPSA) is 162 Å². The Morgan fingerprint density at radius 2 is 1.67 bits per heavy atom. The number of amides is 4. The fraction of sp³-hybridized carbons (Fsp3) is 0.0800. The quantitative estimate of drug-likeness (QED) is 0.0986. The Hall–Kier alpha value is -4.31. The molecule has 14 heteroatoms. The van der Waals surface area contributed by atoms with Gasteiger partial charge in [-0.3, -0.25) is 25.0 Å². The number of aryl methyl sites for hydroxylation is 1. The van der Waals surface area contributed by atoms with Gasteiger partial charge in [-0.15, -0.1) is 0 Å². The molecule has 1 fully saturated rings. The fourth-order valence-electron chi connectivity index (χ4n) is 3.55. The minimum atomic E-state index is -4.20. The molecule has 1 heterocycles. The van der Waals surface area contributed by atoms with Gasteiger partial charge in [-0.05, 0) is 77.6 Å². The van der Waals surface area contributed by atoms with Crippen LogP contribution in [-0.4, -0.2) is 38.3 Å². The molecule has 12 nitrogen and oxygen atoms in total. The molecule has 0 unspecified atom stereocenters. The van der Waals surface area contributed by atoms with Crippen LogP contribution in [0, 0.1) is 20.6 Å². The fourth-order valence-corrected chi connectivity index (χ4v) is 5.39. The molecular formula is C25H18IN3O9S. The van der Waals surface area contributed by atoms with Crippen LogP contribution in [0.2, 0.25) is 0 Å². The van der Waals surface area contributed by atoms with Gasteiger partial charge in [0, 0.05) is 12.1 Å². The van der Waals surface area contributed by atoms with Gasteiger partial charge in [-0.25, -0.2) is 9.69 Å². The zero-order chi connectivity index (χ0) is 28.5. The minimum absolute atomic E-state index is 0.0106. The Morgan fingerprint density at radius 3 is 2.26 bits per heavy atom. The van der Waals surface area contributed by atoms with Crippen molar-refractivity contribution < 1.29 is 36.6 Å². The number of nitrogens with one attached hydrogen (secondary N) is 1. The van der Waals surface area contributed by atoms with Crippen LogP contribution in [0.1, 0.15) is 11.1 Å². The van der Waals surface area contributed by atoms with E-state index in [0.29, 0.717) is 8.47 Å². The molecule has 0 aromatic heterocycles. The molecule has 4 amide bonds. The highest BCUT2D eigenvalue weighted by atomic mass is 127. The SMILES string of the molecule is COc1cc(/C=C2\C(=O)NC(=O)N(c3ccc([N+](=O)[O-])cc3)C2=O)cc(I)c1OS(=O)(=O)c1ccc(C)cc1. The van der Waals surface area contributed by atoms with Gasteiger partial charge in [-0.2, -0.15) is 8.42 Å². The molecule has 0 saturated carbocycles. The lowest BCUT2D eigenvalue weighted by Gasteiger charge is -2.26. The second-order valence-corrected chi connectivity index (χ2v) is 10.8. The standard InChI is InChI=1S/C25H18IN3O9S/c1-14-3-9-18(10-4-14)39(35,36)38-22-20(26)12-15(13-21(22)37-2)11-19-23(30)27-25(32)28(24(19)31)16-5-7-17(8-6-16)29(33)34/h3-13H,1-2H3,(H,27,30,32)/b19-11+. The van der Waals surface area contributed by atoms with Crippen LogP contribution in [0.5, 0.6) is 11.5 Å². The largest absolute Gasteiger partial charge is 0.493 e. The summed E-state index contributed by atoms with van der Waals surface area (Å²) >= 11 is 1.83. The van der Waals surface area contributed by atoms with Crippen molar-refractivity contribution >= 4 is 68.0 Å². The van der Waals surface area contributed by atoms with E-state index in [1.165, 1.54) is 49.6 Å². The number of imide groups is 2. The van der Waals surface area contributed by atoms with Gasteiger partial charge in [0.15, 0.2) is 11.5 Å². The summed E-state index contributed by atoms with van der Waals surface area (Å²) in [5.74, 6) is -2.01. The Morgan fingerprint density at radius 1 is 1.03 bits per heavy atom. The van der Waals surface area contributed by atoms with Crippen LogP contribution in [0.4, 0.5) is 16.2 Å². The van der Waals surface area contributed by atoms with Crippen LogP contribution < -0.4 is 19.1 Å². The second kappa shape index (κ2) is 10.8. The highest BCUT2D eigenvalue weighted by Gasteiger charge is 2.37. The molecular weight excluding hydrogens is 645 g/mol. The number of benzene rings is 3. The summed E-state index contributed by atoms with van der Waals surface area (Å²) in [5.41, 5.74) is 0.496. The number of anilines is 1. The van der Waals surface area contributed by atoms with E-state index >= 15 is 0 Å². The molecule has 3 aromatic carbocycles. The number of carbonyl (C=O) groups is 3. The van der Waals surface area contributed by atoms with Crippen molar-refractivity contribution in [2.75, 3.05) is 12.0 Å². The van der Waals surface area contributed by atoms with Crippen molar-refractivity contribution in [3.8, 4) is 11.5 Å². The van der Waals surface area contributed by atoms with E-state index in [2.05, 4.69) is 5.32 Å². The van der Waals surface area contributed by atoms with Gasteiger partial charge in [0.25, 0.3) is 17.5 Å². The summed E-state index contributed by atoms with van der Waals surface area (Å²) in [6.45, 7) is 1.81. The molecule has 1 aliphatic rings. The average Bonchev–Trinajstić information content (AvgIpc) is 2.88. The number of nitrogens with zero attached hydrogens (tertiary/aromatic N) is 2. The third-order valence-electron chi connectivity index (χ3n) is 5.49. The molecule has 0 aliphatic carbocycles. The lowest BCUT2D eigenvalue weighted by molar-refractivity contribution is -0.384. The van der Waals surface area contributed by atoms with Gasteiger partial charge in [0.2, 0.25) is 0 Å². The number of ether oxygens (including phenoxy) is 1. The number of carbonyl (C=O) groups excluding carboxylic acids is 3. The number of methoxy groups -OCH3 is 1. The van der Waals surface area contributed by atoms with Crippen LogP contribution in [-0.2, 0) is 19.7 Å². The highest BCUT2D eigenvalue weighted by Crippen LogP contribution is 2.37. The summed E-state index contributed by atoms with van der Waals surface area (Å²) in [6, 6.07) is 12.5. The van der Waals surface area contributed by atoms with E-state index in [-0.39, 0.29) is 33.3 Å². The zero-order valence-electron chi connectivity index (χ0n) is 20.2. The predicted octanol–water partition coefficient (Wildman–Crippen LogP) is 3.95. The van der Waals surface area contributed by atoms with E-state index < -0.39 is 38.5 Å². The van der Waals surface area contributed by atoms with Crippen LogP contribution in [0.3, 0.4) is 0 Å². The van der Waals surface area contributed by atoms with Crippen LogP contribution in [0.25, 0.3) is 6.08 Å². The van der Waals surface area contributed by atoms with Gasteiger partial charge in [0.1, 0.15) is 10.5 Å². The molecule has 0 spiro atoms. The third-order valence-corrected chi connectivity index (χ3v) is 7.52. The molecule has 0 bridgehead atoms. The van der Waals surface area contributed by atoms with Crippen molar-refractivity contribution in [1.29, 1.82) is 0 Å². The minimum Gasteiger partial charge on any atom is -0.493 e. The summed E-state index contributed by atoms with van der Waals surface area (Å²) in [6.07, 6.45) is 1.20. The Kier molecular flexibility index (Phi) is 7.69. The van der Waals surface area contributed by atoms with Crippen molar-refractivity contribution in [3.63, 3.8) is 0 Å². The summed E-state index contributed by atoms with van der Waals surface area (Å²) < 4.78 is 36.6. The van der Waals surface area contributed by atoms with Gasteiger partial charge >= 0.3 is 16.1 Å². The number of urea groups is 1. The van der Waals surface area contributed by atoms with E-state index in [1.807, 2.05) is 29.5 Å². The van der Waals surface area contributed by atoms with E-state index in [0.717, 1.165) is 17.7 Å². The maximum Gasteiger partial charge on any atom is 0.339 e. The Balaban J connectivity index is 1.68. The highest BCUT2D eigenvalue weighted by molar-refractivity contribution is 14.1. The summed E-state index contributed by atoms with van der Waals surface area (Å²) in [4.78, 5) is 49.0. The van der Waals surface area contributed by atoms with E-state index in [4.69, 9.17) is 8.92 Å². The number of halogens is 1. The number of non-ortho nitro benzene ring substituents is 1. The van der Waals surface area contributed by atoms with Gasteiger partial charge in [-0.1, -0.05) is 17.7 Å². The van der Waals surface area contributed by atoms with Crippen LogP contribution >= 0.6 is 22.6 Å². The van der Waals surface area contributed by atoms with Crippen molar-refractivity contribution in [2.24, 2.45) is 0 Å². The predicted molar refractivity (Wildman–Crippen MR) is 147 cm³/mol. The van der Waals surface area contributed by atoms with E-state index in [9.17, 15) is 32.9 Å². The average molecular weight is 663 g/mol. The second-order valence-electron chi connectivity index (χ2n) is 8.12. The smallest absolute Gasteiger partial charge is 0.339 e.